The number of carbonyl (C=O) groups excluding carboxylic acids is 1. The zero-order valence-electron chi connectivity index (χ0n) is 9.13. The molecule has 0 saturated heterocycles. The van der Waals surface area contributed by atoms with Crippen molar-refractivity contribution in [3.63, 3.8) is 0 Å². The Morgan fingerprint density at radius 3 is 2.50 bits per heavy atom. The maximum absolute atomic E-state index is 11.2. The van der Waals surface area contributed by atoms with E-state index in [9.17, 15) is 4.79 Å². The lowest BCUT2D eigenvalue weighted by Crippen LogP contribution is -2.19. The van der Waals surface area contributed by atoms with Crippen LogP contribution in [-0.4, -0.2) is 12.9 Å². The van der Waals surface area contributed by atoms with Crippen LogP contribution in [0.25, 0.3) is 0 Å². The second-order valence-electron chi connectivity index (χ2n) is 3.85. The molecule has 0 atom stereocenters. The average Bonchev–Trinajstić information content (AvgIpc) is 2.18. The number of rotatable bonds is 3. The minimum atomic E-state index is -0.342. The van der Waals surface area contributed by atoms with E-state index < -0.39 is 0 Å². The lowest BCUT2D eigenvalue weighted by Gasteiger charge is -2.23. The number of hydrogen-bond donors (Lipinski definition) is 0. The van der Waals surface area contributed by atoms with Crippen LogP contribution >= 0.6 is 0 Å². The van der Waals surface area contributed by atoms with Crippen LogP contribution in [0.1, 0.15) is 36.7 Å². The van der Waals surface area contributed by atoms with Crippen molar-refractivity contribution in [2.24, 2.45) is 0 Å². The Hall–Kier alpha value is -1.15. The van der Waals surface area contributed by atoms with Crippen LogP contribution in [0.3, 0.4) is 0 Å². The maximum atomic E-state index is 11.2. The monoisotopic (exact) mass is 192 g/mol. The van der Waals surface area contributed by atoms with E-state index in [1.165, 1.54) is 0 Å². The molecule has 0 saturated carbocycles. The summed E-state index contributed by atoms with van der Waals surface area (Å²) in [6, 6.07) is 7.55. The second kappa shape index (κ2) is 3.93. The van der Waals surface area contributed by atoms with E-state index in [0.29, 0.717) is 0 Å². The molecule has 0 unspecified atom stereocenters. The van der Waals surface area contributed by atoms with E-state index in [0.717, 1.165) is 11.1 Å². The molecule has 0 fully saturated rings. The number of hydrogen-bond acceptors (Lipinski definition) is 2. The van der Waals surface area contributed by atoms with Gasteiger partial charge in [-0.1, -0.05) is 18.2 Å². The van der Waals surface area contributed by atoms with Gasteiger partial charge in [0.25, 0.3) is 0 Å². The molecule has 0 aromatic heterocycles. The lowest BCUT2D eigenvalue weighted by molar-refractivity contribution is 0.0192. The first-order chi connectivity index (χ1) is 6.47. The molecule has 0 N–H and O–H groups in total. The SMILES string of the molecule is COC(C)(C)c1cccc(C(C)=O)c1. The predicted octanol–water partition coefficient (Wildman–Crippen LogP) is 2.77. The molecule has 1 aromatic carbocycles. The van der Waals surface area contributed by atoms with E-state index in [2.05, 4.69) is 0 Å². The van der Waals surface area contributed by atoms with Crippen LogP contribution in [-0.2, 0) is 10.3 Å². The van der Waals surface area contributed by atoms with Crippen molar-refractivity contribution in [3.05, 3.63) is 35.4 Å². The lowest BCUT2D eigenvalue weighted by atomic mass is 9.95. The van der Waals surface area contributed by atoms with Crippen LogP contribution < -0.4 is 0 Å². The highest BCUT2D eigenvalue weighted by atomic mass is 16.5. The van der Waals surface area contributed by atoms with Gasteiger partial charge in [-0.15, -0.1) is 0 Å². The quantitative estimate of drug-likeness (QED) is 0.688. The molecule has 1 aromatic rings. The molecule has 14 heavy (non-hydrogen) atoms. The molecule has 0 aliphatic heterocycles. The van der Waals surface area contributed by atoms with Gasteiger partial charge >= 0.3 is 0 Å². The first kappa shape index (κ1) is 10.9. The molecule has 0 amide bonds. The van der Waals surface area contributed by atoms with Gasteiger partial charge < -0.3 is 4.74 Å². The van der Waals surface area contributed by atoms with Crippen LogP contribution in [0, 0.1) is 0 Å². The first-order valence-electron chi connectivity index (χ1n) is 4.64. The number of Topliss-reactive ketones (excluding diaryl/α,β-unsaturated/α-hetero) is 1. The van der Waals surface area contributed by atoms with Gasteiger partial charge in [0, 0.05) is 12.7 Å². The molecule has 2 heteroatoms. The molecule has 0 bridgehead atoms. The van der Waals surface area contributed by atoms with Gasteiger partial charge in [0.2, 0.25) is 0 Å². The molecule has 0 aliphatic carbocycles. The van der Waals surface area contributed by atoms with Gasteiger partial charge in [0.05, 0.1) is 5.60 Å². The van der Waals surface area contributed by atoms with Crippen molar-refractivity contribution in [2.75, 3.05) is 7.11 Å². The van der Waals surface area contributed by atoms with Gasteiger partial charge in [0.15, 0.2) is 5.78 Å². The maximum Gasteiger partial charge on any atom is 0.159 e. The summed E-state index contributed by atoms with van der Waals surface area (Å²) in [6.07, 6.45) is 0. The number of benzene rings is 1. The van der Waals surface area contributed by atoms with E-state index >= 15 is 0 Å². The minimum absolute atomic E-state index is 0.0822. The summed E-state index contributed by atoms with van der Waals surface area (Å²) in [5.41, 5.74) is 1.41. The van der Waals surface area contributed by atoms with Crippen molar-refractivity contribution < 1.29 is 9.53 Å². The Morgan fingerprint density at radius 1 is 1.36 bits per heavy atom. The summed E-state index contributed by atoms with van der Waals surface area (Å²) in [4.78, 5) is 11.2. The number of ether oxygens (including phenoxy) is 1. The normalized spacial score (nSPS) is 11.4. The molecule has 0 spiro atoms. The Morgan fingerprint density at radius 2 is 2.00 bits per heavy atom. The highest BCUT2D eigenvalue weighted by Crippen LogP contribution is 2.24. The van der Waals surface area contributed by atoms with Crippen molar-refractivity contribution in [3.8, 4) is 0 Å². The van der Waals surface area contributed by atoms with Crippen LogP contribution in [0.2, 0.25) is 0 Å². The van der Waals surface area contributed by atoms with E-state index in [1.807, 2.05) is 38.1 Å². The molecular weight excluding hydrogens is 176 g/mol. The Balaban J connectivity index is 3.12. The third-order valence-corrected chi connectivity index (χ3v) is 2.47. The second-order valence-corrected chi connectivity index (χ2v) is 3.85. The van der Waals surface area contributed by atoms with Crippen LogP contribution in [0.4, 0.5) is 0 Å². The van der Waals surface area contributed by atoms with E-state index in [1.54, 1.807) is 14.0 Å². The minimum Gasteiger partial charge on any atom is -0.374 e. The molecule has 0 radical (unpaired) electrons. The smallest absolute Gasteiger partial charge is 0.159 e. The standard InChI is InChI=1S/C12H16O2/c1-9(13)10-6-5-7-11(8-10)12(2,3)14-4/h5-8H,1-4H3. The van der Waals surface area contributed by atoms with Crippen LogP contribution in [0.15, 0.2) is 24.3 Å². The van der Waals surface area contributed by atoms with Crippen molar-refractivity contribution in [1.82, 2.24) is 0 Å². The predicted molar refractivity (Wildman–Crippen MR) is 56.5 cm³/mol. The molecule has 1 rings (SSSR count). The Kier molecular flexibility index (Phi) is 3.06. The number of methoxy groups -OCH3 is 1. The Bertz CT molecular complexity index is 340. The summed E-state index contributed by atoms with van der Waals surface area (Å²) in [7, 11) is 1.67. The summed E-state index contributed by atoms with van der Waals surface area (Å²) >= 11 is 0. The first-order valence-corrected chi connectivity index (χ1v) is 4.64. The summed E-state index contributed by atoms with van der Waals surface area (Å²) in [6.45, 7) is 5.53. The van der Waals surface area contributed by atoms with Gasteiger partial charge in [-0.3, -0.25) is 4.79 Å². The fourth-order valence-corrected chi connectivity index (χ4v) is 1.23. The largest absolute Gasteiger partial charge is 0.374 e. The average molecular weight is 192 g/mol. The topological polar surface area (TPSA) is 26.3 Å². The fourth-order valence-electron chi connectivity index (χ4n) is 1.23. The molecule has 0 aliphatic rings. The van der Waals surface area contributed by atoms with Crippen LogP contribution in [0.5, 0.6) is 0 Å². The molecule has 2 nitrogen and oxygen atoms in total. The van der Waals surface area contributed by atoms with Gasteiger partial charge in [-0.25, -0.2) is 0 Å². The Labute approximate surface area is 84.9 Å². The van der Waals surface area contributed by atoms with E-state index in [-0.39, 0.29) is 11.4 Å². The number of ketones is 1. The van der Waals surface area contributed by atoms with Gasteiger partial charge in [-0.05, 0) is 32.4 Å². The third kappa shape index (κ3) is 2.20. The highest BCUT2D eigenvalue weighted by Gasteiger charge is 2.19. The third-order valence-electron chi connectivity index (χ3n) is 2.47. The molecule has 0 heterocycles. The van der Waals surface area contributed by atoms with Gasteiger partial charge in [-0.2, -0.15) is 0 Å². The zero-order valence-corrected chi connectivity index (χ0v) is 9.13. The molecule has 76 valence electrons. The van der Waals surface area contributed by atoms with Crippen molar-refractivity contribution >= 4 is 5.78 Å². The van der Waals surface area contributed by atoms with Crippen molar-refractivity contribution in [1.29, 1.82) is 0 Å². The van der Waals surface area contributed by atoms with Crippen molar-refractivity contribution in [2.45, 2.75) is 26.4 Å². The fraction of sp³-hybridized carbons (Fsp3) is 0.417. The highest BCUT2D eigenvalue weighted by molar-refractivity contribution is 5.94. The molecular formula is C12H16O2. The summed E-state index contributed by atoms with van der Waals surface area (Å²) in [5, 5.41) is 0. The summed E-state index contributed by atoms with van der Waals surface area (Å²) in [5.74, 6) is 0.0822. The zero-order chi connectivity index (χ0) is 10.8. The number of carbonyl (C=O) groups is 1. The van der Waals surface area contributed by atoms with Gasteiger partial charge in [0.1, 0.15) is 0 Å². The van der Waals surface area contributed by atoms with E-state index in [4.69, 9.17) is 4.74 Å². The summed E-state index contributed by atoms with van der Waals surface area (Å²) < 4.78 is 5.35.